The van der Waals surface area contributed by atoms with Crippen LogP contribution < -0.4 is 5.56 Å². The molecule has 0 amide bonds. The summed E-state index contributed by atoms with van der Waals surface area (Å²) < 4.78 is 32.4. The Bertz CT molecular complexity index is 756. The maximum Gasteiger partial charge on any atom is 0.294 e. The molecule has 0 atom stereocenters. The molecule has 2 rings (SSSR count). The van der Waals surface area contributed by atoms with E-state index in [0.29, 0.717) is 16.9 Å². The third kappa shape index (κ3) is 2.22. The SMILES string of the molecule is Cc1cc(=O)n(-c2cc(S(=O)(=O)O)ccc2C)[nH]1. The van der Waals surface area contributed by atoms with Crippen LogP contribution in [0.25, 0.3) is 5.69 Å². The fraction of sp³-hybridized carbons (Fsp3) is 0.182. The summed E-state index contributed by atoms with van der Waals surface area (Å²) >= 11 is 0. The van der Waals surface area contributed by atoms with Crippen LogP contribution in [0.2, 0.25) is 0 Å². The summed E-state index contributed by atoms with van der Waals surface area (Å²) in [7, 11) is -4.29. The highest BCUT2D eigenvalue weighted by Crippen LogP contribution is 2.17. The minimum absolute atomic E-state index is 0.248. The minimum atomic E-state index is -4.29. The molecule has 96 valence electrons. The summed E-state index contributed by atoms with van der Waals surface area (Å²) in [6.45, 7) is 3.46. The smallest absolute Gasteiger partial charge is 0.294 e. The lowest BCUT2D eigenvalue weighted by Gasteiger charge is -2.07. The first-order valence-corrected chi connectivity index (χ1v) is 6.60. The second-order valence-electron chi connectivity index (χ2n) is 4.04. The molecule has 0 unspecified atom stereocenters. The van der Waals surface area contributed by atoms with Gasteiger partial charge in [0.2, 0.25) is 0 Å². The van der Waals surface area contributed by atoms with Crippen molar-refractivity contribution in [3.8, 4) is 5.69 Å². The van der Waals surface area contributed by atoms with E-state index in [-0.39, 0.29) is 10.5 Å². The molecule has 0 aliphatic carbocycles. The van der Waals surface area contributed by atoms with Gasteiger partial charge < -0.3 is 0 Å². The lowest BCUT2D eigenvalue weighted by atomic mass is 10.2. The lowest BCUT2D eigenvalue weighted by Crippen LogP contribution is -2.15. The highest BCUT2D eigenvalue weighted by atomic mass is 32.2. The fourth-order valence-electron chi connectivity index (χ4n) is 1.68. The first kappa shape index (κ1) is 12.6. The van der Waals surface area contributed by atoms with E-state index in [1.54, 1.807) is 13.8 Å². The van der Waals surface area contributed by atoms with Crippen LogP contribution in [-0.2, 0) is 10.1 Å². The third-order valence-corrected chi connectivity index (χ3v) is 3.42. The highest BCUT2D eigenvalue weighted by Gasteiger charge is 2.13. The van der Waals surface area contributed by atoms with E-state index in [9.17, 15) is 13.2 Å². The molecule has 1 aromatic heterocycles. The Hall–Kier alpha value is -1.86. The van der Waals surface area contributed by atoms with Crippen LogP contribution in [0.15, 0.2) is 34.0 Å². The van der Waals surface area contributed by atoms with Crippen LogP contribution >= 0.6 is 0 Å². The first-order chi connectivity index (χ1) is 8.29. The Morgan fingerprint density at radius 3 is 2.39 bits per heavy atom. The number of aromatic amines is 1. The largest absolute Gasteiger partial charge is 0.295 e. The molecule has 0 fully saturated rings. The van der Waals surface area contributed by atoms with Crippen molar-refractivity contribution in [2.45, 2.75) is 18.7 Å². The molecule has 0 saturated heterocycles. The zero-order valence-electron chi connectivity index (χ0n) is 9.84. The van der Waals surface area contributed by atoms with Gasteiger partial charge in [-0.05, 0) is 31.5 Å². The molecule has 0 bridgehead atoms. The van der Waals surface area contributed by atoms with Crippen molar-refractivity contribution in [1.29, 1.82) is 0 Å². The molecule has 2 aromatic rings. The van der Waals surface area contributed by atoms with Gasteiger partial charge >= 0.3 is 0 Å². The zero-order valence-corrected chi connectivity index (χ0v) is 10.7. The van der Waals surface area contributed by atoms with Gasteiger partial charge in [0.05, 0.1) is 10.6 Å². The molecule has 2 N–H and O–H groups in total. The summed E-state index contributed by atoms with van der Waals surface area (Å²) in [6, 6.07) is 5.47. The van der Waals surface area contributed by atoms with E-state index < -0.39 is 10.1 Å². The Kier molecular flexibility index (Phi) is 2.88. The van der Waals surface area contributed by atoms with Crippen molar-refractivity contribution in [3.05, 3.63) is 45.9 Å². The Morgan fingerprint density at radius 1 is 1.22 bits per heavy atom. The summed E-state index contributed by atoms with van der Waals surface area (Å²) in [5.74, 6) is 0. The quantitative estimate of drug-likeness (QED) is 0.796. The normalized spacial score (nSPS) is 11.7. The number of nitrogens with one attached hydrogen (secondary N) is 1. The van der Waals surface area contributed by atoms with Crippen LogP contribution in [0, 0.1) is 13.8 Å². The average molecular weight is 268 g/mol. The highest BCUT2D eigenvalue weighted by molar-refractivity contribution is 7.85. The van der Waals surface area contributed by atoms with Gasteiger partial charge in [0.1, 0.15) is 0 Å². The van der Waals surface area contributed by atoms with Crippen molar-refractivity contribution in [2.75, 3.05) is 0 Å². The minimum Gasteiger partial charge on any atom is -0.295 e. The van der Waals surface area contributed by atoms with E-state index in [2.05, 4.69) is 5.10 Å². The topological polar surface area (TPSA) is 92.2 Å². The standard InChI is InChI=1S/C11H12N2O4S/c1-7-3-4-9(18(15,16)17)6-10(7)13-11(14)5-8(2)12-13/h3-6,12H,1-2H3,(H,15,16,17). The van der Waals surface area contributed by atoms with Gasteiger partial charge in [-0.3, -0.25) is 14.4 Å². The van der Waals surface area contributed by atoms with E-state index in [4.69, 9.17) is 4.55 Å². The molecule has 1 aromatic carbocycles. The number of aromatic nitrogens is 2. The van der Waals surface area contributed by atoms with Crippen LogP contribution in [0.4, 0.5) is 0 Å². The summed E-state index contributed by atoms with van der Waals surface area (Å²) in [6.07, 6.45) is 0. The van der Waals surface area contributed by atoms with Crippen molar-refractivity contribution in [2.24, 2.45) is 0 Å². The molecule has 6 nitrogen and oxygen atoms in total. The zero-order chi connectivity index (χ0) is 13.5. The van der Waals surface area contributed by atoms with Crippen LogP contribution in [0.5, 0.6) is 0 Å². The summed E-state index contributed by atoms with van der Waals surface area (Å²) in [4.78, 5) is 11.4. The second kappa shape index (κ2) is 4.11. The predicted octanol–water partition coefficient (Wildman–Crippen LogP) is 1.03. The molecular weight excluding hydrogens is 256 g/mol. The molecule has 0 aliphatic rings. The Labute approximate surface area is 104 Å². The van der Waals surface area contributed by atoms with Gasteiger partial charge in [-0.1, -0.05) is 6.07 Å². The molecule has 18 heavy (non-hydrogen) atoms. The maximum atomic E-state index is 11.7. The van der Waals surface area contributed by atoms with Gasteiger partial charge in [-0.15, -0.1) is 0 Å². The van der Waals surface area contributed by atoms with Crippen molar-refractivity contribution in [1.82, 2.24) is 9.78 Å². The average Bonchev–Trinajstić information content (AvgIpc) is 2.56. The number of H-pyrrole nitrogens is 1. The molecule has 7 heteroatoms. The van der Waals surface area contributed by atoms with E-state index >= 15 is 0 Å². The molecule has 0 radical (unpaired) electrons. The van der Waals surface area contributed by atoms with Crippen molar-refractivity contribution >= 4 is 10.1 Å². The molecule has 0 spiro atoms. The summed E-state index contributed by atoms with van der Waals surface area (Å²) in [5, 5.41) is 2.81. The first-order valence-electron chi connectivity index (χ1n) is 5.16. The van der Waals surface area contributed by atoms with Crippen LogP contribution in [-0.4, -0.2) is 22.8 Å². The van der Waals surface area contributed by atoms with Crippen LogP contribution in [0.1, 0.15) is 11.3 Å². The van der Waals surface area contributed by atoms with Crippen molar-refractivity contribution < 1.29 is 13.0 Å². The van der Waals surface area contributed by atoms with Crippen molar-refractivity contribution in [3.63, 3.8) is 0 Å². The Morgan fingerprint density at radius 2 is 1.89 bits per heavy atom. The van der Waals surface area contributed by atoms with E-state index in [1.807, 2.05) is 0 Å². The number of nitrogens with zero attached hydrogens (tertiary/aromatic N) is 1. The number of hydrogen-bond acceptors (Lipinski definition) is 3. The predicted molar refractivity (Wildman–Crippen MR) is 65.7 cm³/mol. The fourth-order valence-corrected chi connectivity index (χ4v) is 2.18. The van der Waals surface area contributed by atoms with Crippen LogP contribution in [0.3, 0.4) is 0 Å². The number of hydrogen-bond donors (Lipinski definition) is 2. The van der Waals surface area contributed by atoms with Gasteiger partial charge in [0.25, 0.3) is 15.7 Å². The van der Waals surface area contributed by atoms with Gasteiger partial charge in [0.15, 0.2) is 0 Å². The van der Waals surface area contributed by atoms with Gasteiger partial charge in [-0.2, -0.15) is 8.42 Å². The Balaban J connectivity index is 2.72. The third-order valence-electron chi connectivity index (χ3n) is 2.57. The maximum absolute atomic E-state index is 11.7. The molecular formula is C11H12N2O4S. The second-order valence-corrected chi connectivity index (χ2v) is 5.46. The molecule has 0 saturated carbocycles. The van der Waals surface area contributed by atoms with Gasteiger partial charge in [-0.25, -0.2) is 4.68 Å². The van der Waals surface area contributed by atoms with E-state index in [1.165, 1.54) is 28.9 Å². The lowest BCUT2D eigenvalue weighted by molar-refractivity contribution is 0.483. The summed E-state index contributed by atoms with van der Waals surface area (Å²) in [5.41, 5.74) is 1.48. The number of rotatable bonds is 2. The van der Waals surface area contributed by atoms with Gasteiger partial charge in [0, 0.05) is 11.8 Å². The van der Waals surface area contributed by atoms with E-state index in [0.717, 1.165) is 0 Å². The number of aryl methyl sites for hydroxylation is 2. The molecule has 0 aliphatic heterocycles. The monoisotopic (exact) mass is 268 g/mol. The number of benzene rings is 1. The molecule has 1 heterocycles.